The number of halogens is 1. The zero-order chi connectivity index (χ0) is 26.3. The number of aliphatic hydroxyl groups is 1. The molecule has 0 saturated heterocycles. The number of ether oxygens (including phenoxy) is 1. The van der Waals surface area contributed by atoms with Gasteiger partial charge in [0.05, 0.1) is 12.7 Å². The molecule has 0 spiro atoms. The van der Waals surface area contributed by atoms with E-state index in [1.165, 1.54) is 12.3 Å². The Balaban J connectivity index is 0.000000408. The number of nitriles is 1. The third-order valence-corrected chi connectivity index (χ3v) is 6.26. The van der Waals surface area contributed by atoms with Crippen LogP contribution in [-0.4, -0.2) is 30.9 Å². The van der Waals surface area contributed by atoms with Crippen LogP contribution in [0.4, 0.5) is 10.1 Å². The fraction of sp³-hybridized carbons (Fsp3) is 0.207. The van der Waals surface area contributed by atoms with E-state index in [-0.39, 0.29) is 28.2 Å². The molecule has 6 nitrogen and oxygen atoms in total. The van der Waals surface area contributed by atoms with E-state index < -0.39 is 11.2 Å². The Hall–Kier alpha value is -3.93. The number of aliphatic hydroxyl groups excluding tert-OH is 1. The van der Waals surface area contributed by atoms with Crippen LogP contribution in [0.15, 0.2) is 78.5 Å². The van der Waals surface area contributed by atoms with Gasteiger partial charge < -0.3 is 20.2 Å². The van der Waals surface area contributed by atoms with Crippen molar-refractivity contribution in [1.82, 2.24) is 0 Å². The van der Waals surface area contributed by atoms with Crippen LogP contribution in [0, 0.1) is 28.0 Å². The van der Waals surface area contributed by atoms with Gasteiger partial charge in [-0.1, -0.05) is 24.3 Å². The normalized spacial score (nSPS) is 16.5. The summed E-state index contributed by atoms with van der Waals surface area (Å²) in [5, 5.41) is 32.2. The van der Waals surface area contributed by atoms with Crippen LogP contribution >= 0.6 is 0 Å². The van der Waals surface area contributed by atoms with Crippen LogP contribution in [0.3, 0.4) is 0 Å². The third-order valence-electron chi connectivity index (χ3n) is 6.26. The molecule has 1 aliphatic heterocycles. The number of benzene rings is 3. The van der Waals surface area contributed by atoms with Crippen molar-refractivity contribution >= 4 is 17.8 Å². The number of allylic oxidation sites excluding steroid dienone is 2. The number of anilines is 1. The zero-order valence-electron chi connectivity index (χ0n) is 20.9. The second kappa shape index (κ2) is 12.9. The van der Waals surface area contributed by atoms with E-state index in [0.29, 0.717) is 12.0 Å². The van der Waals surface area contributed by atoms with Gasteiger partial charge in [-0.05, 0) is 79.9 Å². The Kier molecular flexibility index (Phi) is 10.2. The van der Waals surface area contributed by atoms with Crippen LogP contribution < -0.4 is 9.64 Å². The Morgan fingerprint density at radius 2 is 1.86 bits per heavy atom. The van der Waals surface area contributed by atoms with Gasteiger partial charge >= 0.3 is 0 Å². The number of fused-ring (bicyclic) bond motifs is 1. The summed E-state index contributed by atoms with van der Waals surface area (Å²) in [4.78, 5) is 2.19. The van der Waals surface area contributed by atoms with Crippen molar-refractivity contribution in [2.45, 2.75) is 25.7 Å². The molecule has 1 aliphatic rings. The molecule has 3 aromatic carbocycles. The molecular weight excluding hydrogens is 514 g/mol. The molecule has 0 saturated carbocycles. The Morgan fingerprint density at radius 3 is 2.41 bits per heavy atom. The molecule has 4 rings (SSSR count). The second-order valence-electron chi connectivity index (χ2n) is 8.50. The summed E-state index contributed by atoms with van der Waals surface area (Å²) >= 11 is 0. The number of likely N-dealkylation sites (N-methyl/N-ethyl adjacent to an activating group) is 1. The average Bonchev–Trinajstić information content (AvgIpc) is 3.12. The summed E-state index contributed by atoms with van der Waals surface area (Å²) in [5.41, 5.74) is 4.23. The van der Waals surface area contributed by atoms with E-state index >= 15 is 0 Å². The van der Waals surface area contributed by atoms with Gasteiger partial charge in [0.25, 0.3) is 0 Å². The molecule has 3 aromatic rings. The predicted molar refractivity (Wildman–Crippen MR) is 141 cm³/mol. The predicted octanol–water partition coefficient (Wildman–Crippen LogP) is 6.15. The summed E-state index contributed by atoms with van der Waals surface area (Å²) in [5.74, 6) is -0.120. The van der Waals surface area contributed by atoms with E-state index in [9.17, 15) is 4.39 Å². The zero-order valence-corrected chi connectivity index (χ0v) is 21.9. The van der Waals surface area contributed by atoms with Gasteiger partial charge in [0.2, 0.25) is 5.90 Å². The van der Waals surface area contributed by atoms with Gasteiger partial charge in [0.15, 0.2) is 0 Å². The molecule has 193 valence electrons. The molecule has 0 bridgehead atoms. The maximum Gasteiger partial charge on any atom is 0.210 e. The Labute approximate surface area is 227 Å². The van der Waals surface area contributed by atoms with Crippen LogP contribution in [0.1, 0.15) is 36.1 Å². The van der Waals surface area contributed by atoms with Crippen LogP contribution in [0.25, 0.3) is 0 Å². The molecule has 8 heteroatoms. The largest absolute Gasteiger partial charge is 0.497 e. The van der Waals surface area contributed by atoms with Crippen molar-refractivity contribution < 1.29 is 31.0 Å². The molecule has 0 fully saturated rings. The van der Waals surface area contributed by atoms with Crippen LogP contribution in [-0.2, 0) is 28.6 Å². The van der Waals surface area contributed by atoms with Crippen molar-refractivity contribution in [3.8, 4) is 11.8 Å². The van der Waals surface area contributed by atoms with E-state index in [1.807, 2.05) is 36.4 Å². The monoisotopic (exact) mass is 543 g/mol. The molecule has 1 radical (unpaired) electrons. The third kappa shape index (κ3) is 6.26. The first kappa shape index (κ1) is 29.3. The first-order valence-electron chi connectivity index (χ1n) is 11.5. The topological polar surface area (TPSA) is 104 Å². The molecule has 0 aromatic heterocycles. The summed E-state index contributed by atoms with van der Waals surface area (Å²) in [6.45, 7) is 4.95. The minimum Gasteiger partial charge on any atom is -0.497 e. The SMILES string of the molecule is CCN1/C(=C\C=N)C(C)(Cc2ccc(F)c(C#N)c2)c2cc(OC)ccc21.N=C(O)c1ccccc1.[Co]. The molecular formula is C29H29CoFN4O2. The maximum absolute atomic E-state index is 13.7. The summed E-state index contributed by atoms with van der Waals surface area (Å²) < 4.78 is 19.2. The Bertz CT molecular complexity index is 1340. The minimum absolute atomic E-state index is 0. The second-order valence-corrected chi connectivity index (χ2v) is 8.50. The number of nitrogens with zero attached hydrogens (tertiary/aromatic N) is 2. The fourth-order valence-corrected chi connectivity index (χ4v) is 4.54. The van der Waals surface area contributed by atoms with Gasteiger partial charge in [0, 0.05) is 51.9 Å². The quantitative estimate of drug-likeness (QED) is 0.256. The molecule has 37 heavy (non-hydrogen) atoms. The first-order valence-corrected chi connectivity index (χ1v) is 11.5. The summed E-state index contributed by atoms with van der Waals surface area (Å²) in [6, 6.07) is 21.3. The van der Waals surface area contributed by atoms with E-state index in [4.69, 9.17) is 25.9 Å². The summed E-state index contributed by atoms with van der Waals surface area (Å²) in [7, 11) is 1.64. The number of methoxy groups -OCH3 is 1. The van der Waals surface area contributed by atoms with Crippen molar-refractivity contribution in [2.24, 2.45) is 0 Å². The molecule has 0 amide bonds. The average molecular weight is 544 g/mol. The smallest absolute Gasteiger partial charge is 0.210 e. The van der Waals surface area contributed by atoms with E-state index in [2.05, 4.69) is 18.7 Å². The van der Waals surface area contributed by atoms with Crippen LogP contribution in [0.5, 0.6) is 5.75 Å². The minimum atomic E-state index is -0.509. The van der Waals surface area contributed by atoms with Crippen LogP contribution in [0.2, 0.25) is 0 Å². The van der Waals surface area contributed by atoms with Crippen molar-refractivity contribution in [3.63, 3.8) is 0 Å². The number of rotatable bonds is 6. The molecule has 1 atom stereocenters. The van der Waals surface area contributed by atoms with E-state index in [0.717, 1.165) is 34.8 Å². The van der Waals surface area contributed by atoms with Crippen molar-refractivity contribution in [1.29, 1.82) is 16.1 Å². The number of nitrogens with one attached hydrogen (secondary N) is 2. The van der Waals surface area contributed by atoms with Gasteiger partial charge in [-0.15, -0.1) is 0 Å². The van der Waals surface area contributed by atoms with Gasteiger partial charge in [0.1, 0.15) is 17.6 Å². The number of hydrogen-bond donors (Lipinski definition) is 3. The molecule has 1 heterocycles. The van der Waals surface area contributed by atoms with Gasteiger partial charge in [-0.3, -0.25) is 5.41 Å². The van der Waals surface area contributed by atoms with Crippen molar-refractivity contribution in [2.75, 3.05) is 18.6 Å². The first-order chi connectivity index (χ1) is 17.3. The molecule has 1 unspecified atom stereocenters. The standard InChI is InChI=1S/C22H22FN3O.C7H7NO.Co/c1-4-26-20-8-6-17(27-3)12-18(20)22(2,21(26)9-10-24)13-15-5-7-19(23)16(11-15)14-25;8-7(9)6-4-2-1-3-5-6;/h5-12,24H,4,13H2,1-3H3;1-5H,(H2,8,9);/b21-9-,24-10?;;. The fourth-order valence-electron chi connectivity index (χ4n) is 4.54. The molecule has 3 N–H and O–H groups in total. The van der Waals surface area contributed by atoms with Crippen molar-refractivity contribution in [3.05, 3.63) is 107 Å². The van der Waals surface area contributed by atoms with Gasteiger partial charge in [-0.25, -0.2) is 4.39 Å². The van der Waals surface area contributed by atoms with Gasteiger partial charge in [-0.2, -0.15) is 5.26 Å². The molecule has 0 aliphatic carbocycles. The maximum atomic E-state index is 13.7. The van der Waals surface area contributed by atoms with E-state index in [1.54, 1.807) is 43.5 Å². The summed E-state index contributed by atoms with van der Waals surface area (Å²) in [6.07, 6.45) is 3.69. The number of hydrogen-bond acceptors (Lipinski definition) is 5. The Morgan fingerprint density at radius 1 is 1.16 bits per heavy atom.